The van der Waals surface area contributed by atoms with E-state index in [2.05, 4.69) is 20.4 Å². The molecule has 7 nitrogen and oxygen atoms in total. The highest BCUT2D eigenvalue weighted by Crippen LogP contribution is 2.31. The minimum Gasteiger partial charge on any atom is -0.325 e. The largest absolute Gasteiger partial charge is 0.449 e. The second-order valence-corrected chi connectivity index (χ2v) is 6.35. The number of fused-ring (bicyclic) bond motifs is 1. The standard InChI is InChI=1S/C19H15F3N6O/c20-19(21,22)18-26-15-3-1-2-4-16(15)28(18)10-17(29)25-14-7-5-13(6-8-14)9-27-12-23-11-24-27/h1-8,11-12H,9-10H2,(H,25,29). The van der Waals surface area contributed by atoms with Gasteiger partial charge in [0.15, 0.2) is 0 Å². The van der Waals surface area contributed by atoms with Crippen molar-refractivity contribution >= 4 is 22.6 Å². The number of para-hydroxylation sites is 2. The molecule has 29 heavy (non-hydrogen) atoms. The van der Waals surface area contributed by atoms with Crippen LogP contribution in [0.1, 0.15) is 11.4 Å². The van der Waals surface area contributed by atoms with Gasteiger partial charge in [-0.05, 0) is 29.8 Å². The first kappa shape index (κ1) is 18.7. The Hall–Kier alpha value is -3.69. The Labute approximate surface area is 162 Å². The number of hydrogen-bond acceptors (Lipinski definition) is 4. The lowest BCUT2D eigenvalue weighted by atomic mass is 10.2. The van der Waals surface area contributed by atoms with E-state index in [9.17, 15) is 18.0 Å². The SMILES string of the molecule is O=C(Cn1c(C(F)(F)F)nc2ccccc21)Nc1ccc(Cn2cncn2)cc1. The van der Waals surface area contributed by atoms with Crippen molar-refractivity contribution in [3.05, 3.63) is 72.6 Å². The predicted octanol–water partition coefficient (Wildman–Crippen LogP) is 3.33. The second kappa shape index (κ2) is 7.38. The average Bonchev–Trinajstić information content (AvgIpc) is 3.31. The number of anilines is 1. The number of carbonyl (C=O) groups excluding carboxylic acids is 1. The van der Waals surface area contributed by atoms with Gasteiger partial charge in [0.05, 0.1) is 17.6 Å². The van der Waals surface area contributed by atoms with E-state index in [0.717, 1.165) is 10.1 Å². The minimum atomic E-state index is -4.66. The Balaban J connectivity index is 1.50. The monoisotopic (exact) mass is 400 g/mol. The van der Waals surface area contributed by atoms with Crippen molar-refractivity contribution in [1.82, 2.24) is 24.3 Å². The van der Waals surface area contributed by atoms with Crippen LogP contribution in [0.4, 0.5) is 18.9 Å². The maximum atomic E-state index is 13.3. The number of imidazole rings is 1. The van der Waals surface area contributed by atoms with Crippen LogP contribution in [0, 0.1) is 0 Å². The minimum absolute atomic E-state index is 0.185. The number of hydrogen-bond donors (Lipinski definition) is 1. The zero-order chi connectivity index (χ0) is 20.4. The highest BCUT2D eigenvalue weighted by atomic mass is 19.4. The van der Waals surface area contributed by atoms with E-state index in [1.54, 1.807) is 47.4 Å². The quantitative estimate of drug-likeness (QED) is 0.558. The van der Waals surface area contributed by atoms with E-state index >= 15 is 0 Å². The van der Waals surface area contributed by atoms with Crippen molar-refractivity contribution in [1.29, 1.82) is 0 Å². The highest BCUT2D eigenvalue weighted by Gasteiger charge is 2.37. The van der Waals surface area contributed by atoms with Crippen molar-refractivity contribution in [2.45, 2.75) is 19.3 Å². The Bertz CT molecular complexity index is 1130. The van der Waals surface area contributed by atoms with Crippen LogP contribution >= 0.6 is 0 Å². The molecule has 0 unspecified atom stereocenters. The molecule has 0 aliphatic carbocycles. The van der Waals surface area contributed by atoms with Crippen LogP contribution in [0.25, 0.3) is 11.0 Å². The van der Waals surface area contributed by atoms with Crippen LogP contribution in [0.15, 0.2) is 61.2 Å². The van der Waals surface area contributed by atoms with E-state index in [1.807, 2.05) is 0 Å². The lowest BCUT2D eigenvalue weighted by Crippen LogP contribution is -2.23. The number of nitrogens with zero attached hydrogens (tertiary/aromatic N) is 5. The number of benzene rings is 2. The fraction of sp³-hybridized carbons (Fsp3) is 0.158. The maximum Gasteiger partial charge on any atom is 0.449 e. The normalized spacial score (nSPS) is 11.7. The molecule has 4 rings (SSSR count). The van der Waals surface area contributed by atoms with Crippen LogP contribution in [0.5, 0.6) is 0 Å². The topological polar surface area (TPSA) is 77.6 Å². The van der Waals surface area contributed by atoms with Crippen molar-refractivity contribution in [3.8, 4) is 0 Å². The molecular formula is C19H15F3N6O. The second-order valence-electron chi connectivity index (χ2n) is 6.35. The summed E-state index contributed by atoms with van der Waals surface area (Å²) in [6.45, 7) is 0.0141. The van der Waals surface area contributed by atoms with Gasteiger partial charge in [-0.3, -0.25) is 4.79 Å². The molecule has 0 saturated heterocycles. The summed E-state index contributed by atoms with van der Waals surface area (Å²) in [7, 11) is 0. The van der Waals surface area contributed by atoms with Crippen LogP contribution in [-0.4, -0.2) is 30.2 Å². The van der Waals surface area contributed by atoms with Gasteiger partial charge in [-0.1, -0.05) is 24.3 Å². The molecule has 0 fully saturated rings. The smallest absolute Gasteiger partial charge is 0.325 e. The van der Waals surface area contributed by atoms with E-state index in [-0.39, 0.29) is 11.0 Å². The molecule has 2 heterocycles. The Morgan fingerprint density at radius 2 is 1.83 bits per heavy atom. The molecule has 1 amide bonds. The summed E-state index contributed by atoms with van der Waals surface area (Å²) in [5, 5.41) is 6.63. The summed E-state index contributed by atoms with van der Waals surface area (Å²) in [6.07, 6.45) is -1.64. The van der Waals surface area contributed by atoms with Gasteiger partial charge in [0.25, 0.3) is 0 Å². The zero-order valence-corrected chi connectivity index (χ0v) is 15.0. The van der Waals surface area contributed by atoms with Gasteiger partial charge >= 0.3 is 6.18 Å². The summed E-state index contributed by atoms with van der Waals surface area (Å²) in [4.78, 5) is 19.9. The van der Waals surface area contributed by atoms with Gasteiger partial charge in [-0.15, -0.1) is 0 Å². The van der Waals surface area contributed by atoms with E-state index < -0.39 is 24.5 Å². The van der Waals surface area contributed by atoms with Crippen LogP contribution in [0.3, 0.4) is 0 Å². The third kappa shape index (κ3) is 4.10. The summed E-state index contributed by atoms with van der Waals surface area (Å²) < 4.78 is 42.5. The Morgan fingerprint density at radius 3 is 2.52 bits per heavy atom. The molecule has 0 aliphatic heterocycles. The zero-order valence-electron chi connectivity index (χ0n) is 15.0. The predicted molar refractivity (Wildman–Crippen MR) is 98.9 cm³/mol. The Morgan fingerprint density at radius 1 is 1.07 bits per heavy atom. The van der Waals surface area contributed by atoms with Crippen LogP contribution in [0.2, 0.25) is 0 Å². The van der Waals surface area contributed by atoms with Crippen molar-refractivity contribution in [2.75, 3.05) is 5.32 Å². The molecule has 148 valence electrons. The molecule has 0 aliphatic rings. The molecule has 0 bridgehead atoms. The first-order valence-corrected chi connectivity index (χ1v) is 8.64. The molecule has 1 N–H and O–H groups in total. The average molecular weight is 400 g/mol. The number of aromatic nitrogens is 5. The molecule has 10 heteroatoms. The lowest BCUT2D eigenvalue weighted by molar-refractivity contribution is -0.147. The summed E-state index contributed by atoms with van der Waals surface area (Å²) in [5.41, 5.74) is 1.85. The lowest BCUT2D eigenvalue weighted by Gasteiger charge is -2.12. The van der Waals surface area contributed by atoms with Crippen molar-refractivity contribution in [2.24, 2.45) is 0 Å². The first-order chi connectivity index (χ1) is 13.9. The fourth-order valence-corrected chi connectivity index (χ4v) is 2.99. The van der Waals surface area contributed by atoms with E-state index in [0.29, 0.717) is 12.2 Å². The molecule has 0 saturated carbocycles. The number of amides is 1. The van der Waals surface area contributed by atoms with Gasteiger partial charge in [0.2, 0.25) is 11.7 Å². The highest BCUT2D eigenvalue weighted by molar-refractivity contribution is 5.91. The number of carbonyl (C=O) groups is 1. The van der Waals surface area contributed by atoms with Crippen molar-refractivity contribution in [3.63, 3.8) is 0 Å². The number of halogens is 3. The summed E-state index contributed by atoms with van der Waals surface area (Å²) >= 11 is 0. The van der Waals surface area contributed by atoms with E-state index in [4.69, 9.17) is 0 Å². The van der Waals surface area contributed by atoms with E-state index in [1.165, 1.54) is 18.5 Å². The number of alkyl halides is 3. The molecule has 0 radical (unpaired) electrons. The van der Waals surface area contributed by atoms with Gasteiger partial charge in [0.1, 0.15) is 19.2 Å². The summed E-state index contributed by atoms with van der Waals surface area (Å²) in [6, 6.07) is 13.1. The molecule has 2 aromatic heterocycles. The van der Waals surface area contributed by atoms with Crippen molar-refractivity contribution < 1.29 is 18.0 Å². The fourth-order valence-electron chi connectivity index (χ4n) is 2.99. The molecule has 4 aromatic rings. The molecule has 0 spiro atoms. The third-order valence-corrected chi connectivity index (χ3v) is 4.26. The number of rotatable bonds is 5. The van der Waals surface area contributed by atoms with Gasteiger partial charge < -0.3 is 9.88 Å². The third-order valence-electron chi connectivity index (χ3n) is 4.26. The van der Waals surface area contributed by atoms with Gasteiger partial charge in [0, 0.05) is 5.69 Å². The maximum absolute atomic E-state index is 13.3. The van der Waals surface area contributed by atoms with Gasteiger partial charge in [-0.2, -0.15) is 18.3 Å². The van der Waals surface area contributed by atoms with Gasteiger partial charge in [-0.25, -0.2) is 14.6 Å². The Kier molecular flexibility index (Phi) is 4.75. The molecule has 2 aromatic carbocycles. The van der Waals surface area contributed by atoms with Crippen LogP contribution in [-0.2, 0) is 24.1 Å². The molecular weight excluding hydrogens is 385 g/mol. The number of nitrogens with one attached hydrogen (secondary N) is 1. The first-order valence-electron chi connectivity index (χ1n) is 8.64. The van der Waals surface area contributed by atoms with Crippen LogP contribution < -0.4 is 5.32 Å². The summed E-state index contributed by atoms with van der Waals surface area (Å²) in [5.74, 6) is -1.68. The molecule has 0 atom stereocenters.